The van der Waals surface area contributed by atoms with Crippen molar-refractivity contribution in [1.82, 2.24) is 21.0 Å². The highest BCUT2D eigenvalue weighted by atomic mass is 35.5. The number of hydrogen-bond acceptors (Lipinski definition) is 16. The molecule has 4 bridgehead atoms. The Morgan fingerprint density at radius 1 is 1.12 bits per heavy atom. The van der Waals surface area contributed by atoms with Crippen molar-refractivity contribution in [2.75, 3.05) is 52.6 Å². The number of nitrogens with one attached hydrogen (secondary N) is 3. The van der Waals surface area contributed by atoms with Gasteiger partial charge in [-0.3, -0.25) is 24.5 Å². The lowest BCUT2D eigenvalue weighted by molar-refractivity contribution is -0.162. The first kappa shape index (κ1) is 62.5. The van der Waals surface area contributed by atoms with Crippen molar-refractivity contribution < 1.29 is 62.3 Å². The monoisotopic (exact) mass is 1130 g/mol. The minimum absolute atomic E-state index is 0.0367. The number of fused-ring (bicyclic) bond motifs is 5. The topological polar surface area (TPSA) is 236 Å². The molecule has 2 aromatic rings. The Morgan fingerprint density at radius 3 is 2.51 bits per heavy atom. The third-order valence-corrected chi connectivity index (χ3v) is 17.7. The smallest absolute Gasteiger partial charge is 0.409 e. The van der Waals surface area contributed by atoms with Crippen LogP contribution in [0, 0.1) is 12.8 Å². The summed E-state index contributed by atoms with van der Waals surface area (Å²) in [4.78, 5) is 82.5. The van der Waals surface area contributed by atoms with Crippen LogP contribution < -0.4 is 30.4 Å². The minimum Gasteiger partial charge on any atom is -0.495 e. The number of aliphatic hydroxyl groups is 1. The van der Waals surface area contributed by atoms with Gasteiger partial charge in [-0.25, -0.2) is 15.0 Å². The average molecular weight is 1130 g/mol. The number of amides is 5. The Kier molecular flexibility index (Phi) is 22.3. The zero-order valence-electron chi connectivity index (χ0n) is 46.5. The number of allylic oxidation sites excluding steroid dienone is 3. The Labute approximate surface area is 465 Å². The molecular weight excluding hydrogens is 1050 g/mol. The standard InChI is InChI=1S/C55H77ClN6O13S2/c1-14-39(38-21-20-37(26-33(38)3)72-23-16-19-45(63)57-9)59-60-46(64)31-53(6,7)77-76-24-22-47(65)61(10)35(5)51(67)74-44-29-48(66)62(11)40-27-36(28-41(70-12)49(40)56)25-32(2)17-15-18-43(71-13)55(69)30-42(73-52(68)58-55)34(4)50-54(44,8)75-50/h15,17-18,20-21,26-28,34-35,42-44,50,69H,14,16,19,22-25,29-31H2,1-13H3,(H,57,63)(H,58,68)(H,60,64)/b18-15+,32-17+,59-39+/t34-,35+,42+,43-,44+,50+,54+,55+/m1/s1. The summed E-state index contributed by atoms with van der Waals surface area (Å²) >= 11 is 6.84. The SMILES string of the molecule is CC/C(=N\NC(=O)CC(C)(C)SSCCC(=O)N(C)[C@@H](C)C(=O)O[C@H]1CC(=O)N(C)c2cc(cc(OC)c2Cl)C/C(C)=C/C=C/[C@@H](OC)[C@@]2(O)C[C@H](OC(=O)N2)[C@@H](C)[C@@H]2O[C@@]12C)c1ccc(OCCCC(=O)NC)cc1C. The van der Waals surface area contributed by atoms with E-state index < -0.39 is 70.4 Å². The summed E-state index contributed by atoms with van der Waals surface area (Å²) in [6.45, 7) is 15.1. The molecule has 0 saturated carbocycles. The van der Waals surface area contributed by atoms with Gasteiger partial charge >= 0.3 is 12.1 Å². The third kappa shape index (κ3) is 16.6. The number of aryl methyl sites for hydroxylation is 1. The Balaban J connectivity index is 1.23. The highest BCUT2D eigenvalue weighted by molar-refractivity contribution is 8.77. The second-order valence-corrected chi connectivity index (χ2v) is 24.0. The molecule has 5 rings (SSSR count). The van der Waals surface area contributed by atoms with E-state index in [1.807, 2.05) is 58.9 Å². The van der Waals surface area contributed by atoms with Gasteiger partial charge in [-0.15, -0.1) is 0 Å². The Bertz CT molecular complexity index is 2580. The molecule has 8 atom stereocenters. The highest BCUT2D eigenvalue weighted by Crippen LogP contribution is 2.49. The van der Waals surface area contributed by atoms with Crippen LogP contribution in [-0.4, -0.2) is 146 Å². The summed E-state index contributed by atoms with van der Waals surface area (Å²) in [6.07, 6.45) is 2.35. The number of carbonyl (C=O) groups excluding carboxylic acids is 6. The number of epoxide rings is 1. The average Bonchev–Trinajstić information content (AvgIpc) is 4.08. The summed E-state index contributed by atoms with van der Waals surface area (Å²) in [6, 6.07) is 8.15. The number of halogens is 1. The number of esters is 1. The molecule has 22 heteroatoms. The van der Waals surface area contributed by atoms with Crippen LogP contribution >= 0.6 is 33.2 Å². The first-order valence-corrected chi connectivity index (χ1v) is 28.4. The highest BCUT2D eigenvalue weighted by Gasteiger charge is 2.64. The molecule has 0 spiro atoms. The van der Waals surface area contributed by atoms with Crippen molar-refractivity contribution in [2.45, 2.75) is 153 Å². The van der Waals surface area contributed by atoms with Crippen molar-refractivity contribution in [3.8, 4) is 11.5 Å². The Morgan fingerprint density at radius 2 is 1.84 bits per heavy atom. The van der Waals surface area contributed by atoms with E-state index >= 15 is 0 Å². The summed E-state index contributed by atoms with van der Waals surface area (Å²) in [5.74, 6) is -1.05. The quantitative estimate of drug-likeness (QED) is 0.0250. The van der Waals surface area contributed by atoms with Crippen molar-refractivity contribution in [3.05, 3.63) is 75.8 Å². The van der Waals surface area contributed by atoms with E-state index in [4.69, 9.17) is 40.0 Å². The maximum Gasteiger partial charge on any atom is 0.409 e. The largest absolute Gasteiger partial charge is 0.495 e. The number of hydrazone groups is 1. The van der Waals surface area contributed by atoms with Crippen LogP contribution in [0.25, 0.3) is 0 Å². The fourth-order valence-electron chi connectivity index (χ4n) is 9.24. The molecule has 2 saturated heterocycles. The van der Waals surface area contributed by atoms with Crippen LogP contribution in [-0.2, 0) is 49.3 Å². The molecule has 3 heterocycles. The van der Waals surface area contributed by atoms with Gasteiger partial charge < -0.3 is 48.6 Å². The van der Waals surface area contributed by atoms with Gasteiger partial charge in [-0.05, 0) is 102 Å². The van der Waals surface area contributed by atoms with Crippen molar-refractivity contribution in [1.29, 1.82) is 0 Å². The number of anilines is 1. The molecule has 2 aromatic carbocycles. The van der Waals surface area contributed by atoms with Crippen LogP contribution in [0.15, 0.2) is 59.2 Å². The second kappa shape index (κ2) is 27.5. The van der Waals surface area contributed by atoms with Gasteiger partial charge in [-0.1, -0.05) is 70.8 Å². The molecule has 0 radical (unpaired) electrons. The Hall–Kier alpha value is -5.32. The lowest BCUT2D eigenvalue weighted by atomic mass is 9.83. The second-order valence-electron chi connectivity index (χ2n) is 20.5. The van der Waals surface area contributed by atoms with Gasteiger partial charge in [0, 0.05) is 75.9 Å². The van der Waals surface area contributed by atoms with Gasteiger partial charge in [0.15, 0.2) is 5.72 Å². The molecule has 77 heavy (non-hydrogen) atoms. The maximum atomic E-state index is 14.4. The summed E-state index contributed by atoms with van der Waals surface area (Å²) in [5.41, 5.74) is 4.14. The van der Waals surface area contributed by atoms with Crippen LogP contribution in [0.3, 0.4) is 0 Å². The van der Waals surface area contributed by atoms with Crippen LogP contribution in [0.1, 0.15) is 110 Å². The third-order valence-electron chi connectivity index (χ3n) is 14.0. The fraction of sp³-hybridized carbons (Fsp3) is 0.582. The number of benzene rings is 2. The van der Waals surface area contributed by atoms with Gasteiger partial charge in [-0.2, -0.15) is 5.10 Å². The molecular formula is C55H77ClN6O13S2. The van der Waals surface area contributed by atoms with E-state index in [-0.39, 0.29) is 48.4 Å². The number of nitrogens with zero attached hydrogens (tertiary/aromatic N) is 3. The zero-order chi connectivity index (χ0) is 57.0. The molecule has 2 fully saturated rings. The number of alkyl carbamates (subject to hydrolysis) is 1. The number of methoxy groups -OCH3 is 2. The first-order chi connectivity index (χ1) is 36.3. The molecule has 0 unspecified atom stereocenters. The summed E-state index contributed by atoms with van der Waals surface area (Å²) in [7, 11) is 10.5. The fourth-order valence-corrected chi connectivity index (χ4v) is 12.0. The van der Waals surface area contributed by atoms with Crippen LogP contribution in [0.4, 0.5) is 10.5 Å². The number of ether oxygens (including phenoxy) is 6. The number of rotatable bonds is 20. The van der Waals surface area contributed by atoms with E-state index in [0.29, 0.717) is 60.9 Å². The maximum absolute atomic E-state index is 14.4. The molecule has 0 aromatic heterocycles. The van der Waals surface area contributed by atoms with E-state index in [9.17, 15) is 33.9 Å². The number of likely N-dealkylation sites (N-methyl/N-ethyl adjacent to an activating group) is 1. The summed E-state index contributed by atoms with van der Waals surface area (Å²) in [5, 5.41) is 21.7. The van der Waals surface area contributed by atoms with Gasteiger partial charge in [0.1, 0.15) is 46.5 Å². The molecule has 3 aliphatic rings. The molecule has 19 nitrogen and oxygen atoms in total. The number of hydrogen-bond donors (Lipinski definition) is 4. The van der Waals surface area contributed by atoms with Crippen LogP contribution in [0.5, 0.6) is 11.5 Å². The zero-order valence-corrected chi connectivity index (χ0v) is 48.9. The predicted octanol–water partition coefficient (Wildman–Crippen LogP) is 7.60. The lowest BCUT2D eigenvalue weighted by Gasteiger charge is -2.42. The summed E-state index contributed by atoms with van der Waals surface area (Å²) < 4.78 is 34.8. The van der Waals surface area contributed by atoms with E-state index in [1.165, 1.54) is 52.7 Å². The predicted molar refractivity (Wildman–Crippen MR) is 299 cm³/mol. The van der Waals surface area contributed by atoms with Gasteiger partial charge in [0.05, 0.1) is 37.6 Å². The molecule has 0 aliphatic carbocycles. The minimum atomic E-state index is -1.87. The van der Waals surface area contributed by atoms with Gasteiger partial charge in [0.2, 0.25) is 23.6 Å². The first-order valence-electron chi connectivity index (χ1n) is 25.7. The number of carbonyl (C=O) groups is 6. The van der Waals surface area contributed by atoms with E-state index in [2.05, 4.69) is 21.2 Å². The molecule has 3 aliphatic heterocycles. The van der Waals surface area contributed by atoms with Gasteiger partial charge in [0.25, 0.3) is 0 Å². The normalized spacial score (nSPS) is 25.4. The van der Waals surface area contributed by atoms with Crippen molar-refractivity contribution >= 4 is 80.3 Å². The van der Waals surface area contributed by atoms with Crippen molar-refractivity contribution in [3.63, 3.8) is 0 Å². The molecule has 5 amide bonds. The van der Waals surface area contributed by atoms with Crippen LogP contribution in [0.2, 0.25) is 5.02 Å². The molecule has 424 valence electrons. The molecule has 4 N–H and O–H groups in total. The lowest BCUT2D eigenvalue weighted by Crippen LogP contribution is -2.63. The van der Waals surface area contributed by atoms with E-state index in [1.54, 1.807) is 59.2 Å². The van der Waals surface area contributed by atoms with E-state index in [0.717, 1.165) is 22.3 Å². The van der Waals surface area contributed by atoms with Crippen molar-refractivity contribution in [2.24, 2.45) is 11.0 Å².